The highest BCUT2D eigenvalue weighted by molar-refractivity contribution is 9.10. The lowest BCUT2D eigenvalue weighted by molar-refractivity contribution is -0.137. The molecule has 28 heavy (non-hydrogen) atoms. The summed E-state index contributed by atoms with van der Waals surface area (Å²) in [4.78, 5) is 12.8. The van der Waals surface area contributed by atoms with Crippen LogP contribution in [0.2, 0.25) is 0 Å². The Morgan fingerprint density at radius 1 is 1.18 bits per heavy atom. The van der Waals surface area contributed by atoms with Crippen molar-refractivity contribution in [3.63, 3.8) is 0 Å². The molecule has 3 rings (SSSR count). The van der Waals surface area contributed by atoms with Gasteiger partial charge in [0.15, 0.2) is 0 Å². The van der Waals surface area contributed by atoms with Gasteiger partial charge in [-0.25, -0.2) is 4.79 Å². The molecular formula is C18H13BrF3N3O3. The van der Waals surface area contributed by atoms with Crippen molar-refractivity contribution in [1.82, 2.24) is 15.0 Å². The molecule has 1 N–H and O–H groups in total. The number of carboxylic acid groups (broad SMARTS) is 1. The van der Waals surface area contributed by atoms with Gasteiger partial charge < -0.3 is 9.84 Å². The van der Waals surface area contributed by atoms with E-state index in [1.54, 1.807) is 0 Å². The van der Waals surface area contributed by atoms with E-state index in [1.165, 1.54) is 41.5 Å². The molecule has 0 aliphatic heterocycles. The zero-order valence-electron chi connectivity index (χ0n) is 14.2. The number of rotatable bonds is 6. The molecule has 6 nitrogen and oxygen atoms in total. The van der Waals surface area contributed by atoms with Gasteiger partial charge in [-0.3, -0.25) is 0 Å². The van der Waals surface area contributed by atoms with Crippen LogP contribution in [-0.4, -0.2) is 32.7 Å². The van der Waals surface area contributed by atoms with E-state index < -0.39 is 17.7 Å². The standard InChI is InChI=1S/C18H13BrF3N3O3/c19-15-10-12(17(26)27)9-14(11-2-1-3-13(8-11)18(20,21)22)16(15)28-7-6-25-23-4-5-24-25/h1-5,8-10H,6-7H2,(H,26,27). The smallest absolute Gasteiger partial charge is 0.416 e. The third-order valence-corrected chi connectivity index (χ3v) is 4.38. The fourth-order valence-corrected chi connectivity index (χ4v) is 3.10. The predicted octanol–water partition coefficient (Wildman–Crippen LogP) is 4.50. The molecular weight excluding hydrogens is 443 g/mol. The van der Waals surface area contributed by atoms with Crippen LogP contribution in [-0.2, 0) is 12.7 Å². The minimum atomic E-state index is -4.52. The molecule has 0 atom stereocenters. The first-order valence-electron chi connectivity index (χ1n) is 7.97. The molecule has 0 bridgehead atoms. The molecule has 0 amide bonds. The van der Waals surface area contributed by atoms with Crippen LogP contribution < -0.4 is 4.74 Å². The first kappa shape index (κ1) is 19.9. The zero-order valence-corrected chi connectivity index (χ0v) is 15.7. The Labute approximate surface area is 165 Å². The van der Waals surface area contributed by atoms with E-state index in [9.17, 15) is 23.1 Å². The Bertz CT molecular complexity index is 991. The van der Waals surface area contributed by atoms with Crippen molar-refractivity contribution in [3.8, 4) is 16.9 Å². The first-order valence-corrected chi connectivity index (χ1v) is 8.76. The number of aromatic carboxylic acids is 1. The van der Waals surface area contributed by atoms with Crippen LogP contribution in [0, 0.1) is 0 Å². The number of nitrogens with zero attached hydrogens (tertiary/aromatic N) is 3. The maximum absolute atomic E-state index is 13.1. The highest BCUT2D eigenvalue weighted by Gasteiger charge is 2.30. The Hall–Kier alpha value is -2.88. The molecule has 1 aromatic heterocycles. The van der Waals surface area contributed by atoms with E-state index in [2.05, 4.69) is 26.1 Å². The third-order valence-electron chi connectivity index (χ3n) is 3.80. The average Bonchev–Trinajstić information content (AvgIpc) is 3.15. The Morgan fingerprint density at radius 2 is 1.89 bits per heavy atom. The molecule has 1 heterocycles. The van der Waals surface area contributed by atoms with E-state index >= 15 is 0 Å². The van der Waals surface area contributed by atoms with Crippen LogP contribution in [0.15, 0.2) is 53.3 Å². The van der Waals surface area contributed by atoms with E-state index in [1.807, 2.05) is 0 Å². The zero-order chi connectivity index (χ0) is 20.3. The minimum Gasteiger partial charge on any atom is -0.490 e. The molecule has 0 aliphatic carbocycles. The molecule has 0 saturated carbocycles. The van der Waals surface area contributed by atoms with Crippen molar-refractivity contribution in [1.29, 1.82) is 0 Å². The second-order valence-corrected chi connectivity index (χ2v) is 6.55. The van der Waals surface area contributed by atoms with Crippen LogP contribution in [0.25, 0.3) is 11.1 Å². The monoisotopic (exact) mass is 455 g/mol. The predicted molar refractivity (Wildman–Crippen MR) is 97.1 cm³/mol. The Kier molecular flexibility index (Phi) is 5.68. The molecule has 3 aromatic rings. The lowest BCUT2D eigenvalue weighted by atomic mass is 9.99. The third kappa shape index (κ3) is 4.50. The van der Waals surface area contributed by atoms with Gasteiger partial charge in [-0.05, 0) is 45.8 Å². The molecule has 0 aliphatic rings. The summed E-state index contributed by atoms with van der Waals surface area (Å²) >= 11 is 3.25. The summed E-state index contributed by atoms with van der Waals surface area (Å²) in [5, 5.41) is 17.2. The highest BCUT2D eigenvalue weighted by Crippen LogP contribution is 2.40. The van der Waals surface area contributed by atoms with E-state index in [0.29, 0.717) is 11.0 Å². The number of ether oxygens (including phenoxy) is 1. The van der Waals surface area contributed by atoms with Crippen molar-refractivity contribution in [2.75, 3.05) is 6.61 Å². The largest absolute Gasteiger partial charge is 0.490 e. The number of hydrogen-bond acceptors (Lipinski definition) is 4. The summed E-state index contributed by atoms with van der Waals surface area (Å²) in [6, 6.07) is 7.24. The second-order valence-electron chi connectivity index (χ2n) is 5.69. The van der Waals surface area contributed by atoms with E-state index in [0.717, 1.165) is 12.1 Å². The van der Waals surface area contributed by atoms with Crippen LogP contribution in [0.1, 0.15) is 15.9 Å². The van der Waals surface area contributed by atoms with Crippen LogP contribution >= 0.6 is 15.9 Å². The maximum Gasteiger partial charge on any atom is 0.416 e. The van der Waals surface area contributed by atoms with Gasteiger partial charge >= 0.3 is 12.1 Å². The molecule has 146 valence electrons. The molecule has 10 heteroatoms. The maximum atomic E-state index is 13.1. The summed E-state index contributed by atoms with van der Waals surface area (Å²) in [6.45, 7) is 0.438. The van der Waals surface area contributed by atoms with Gasteiger partial charge in [0.2, 0.25) is 0 Å². The Morgan fingerprint density at radius 3 is 2.54 bits per heavy atom. The SMILES string of the molecule is O=C(O)c1cc(Br)c(OCCn2nccn2)c(-c2cccc(C(F)(F)F)c2)c1. The molecule has 0 radical (unpaired) electrons. The number of carbonyl (C=O) groups is 1. The van der Waals surface area contributed by atoms with Crippen molar-refractivity contribution in [3.05, 3.63) is 64.4 Å². The molecule has 0 saturated heterocycles. The minimum absolute atomic E-state index is 0.0830. The van der Waals surface area contributed by atoms with Crippen LogP contribution in [0.4, 0.5) is 13.2 Å². The fraction of sp³-hybridized carbons (Fsp3) is 0.167. The van der Waals surface area contributed by atoms with Gasteiger partial charge in [0.25, 0.3) is 0 Å². The Balaban J connectivity index is 2.00. The summed E-state index contributed by atoms with van der Waals surface area (Å²) < 4.78 is 45.3. The van der Waals surface area contributed by atoms with Gasteiger partial charge in [0.1, 0.15) is 12.4 Å². The summed E-state index contributed by atoms with van der Waals surface area (Å²) in [5.74, 6) is -0.974. The topological polar surface area (TPSA) is 77.2 Å². The van der Waals surface area contributed by atoms with Gasteiger partial charge in [-0.1, -0.05) is 12.1 Å². The van der Waals surface area contributed by atoms with Crippen molar-refractivity contribution in [2.24, 2.45) is 0 Å². The van der Waals surface area contributed by atoms with Crippen molar-refractivity contribution in [2.45, 2.75) is 12.7 Å². The number of halogens is 4. The average molecular weight is 456 g/mol. The van der Waals surface area contributed by atoms with E-state index in [-0.39, 0.29) is 29.0 Å². The lowest BCUT2D eigenvalue weighted by Crippen LogP contribution is -2.12. The quantitative estimate of drug-likeness (QED) is 0.591. The second kappa shape index (κ2) is 8.01. The van der Waals surface area contributed by atoms with Gasteiger partial charge in [0.05, 0.1) is 34.5 Å². The number of hydrogen-bond donors (Lipinski definition) is 1. The van der Waals surface area contributed by atoms with Crippen LogP contribution in [0.3, 0.4) is 0 Å². The van der Waals surface area contributed by atoms with Crippen molar-refractivity contribution >= 4 is 21.9 Å². The number of aromatic nitrogens is 3. The van der Waals surface area contributed by atoms with Gasteiger partial charge in [-0.15, -0.1) is 0 Å². The van der Waals surface area contributed by atoms with Gasteiger partial charge in [-0.2, -0.15) is 28.2 Å². The molecule has 0 unspecified atom stereocenters. The first-order chi connectivity index (χ1) is 13.3. The summed E-state index contributed by atoms with van der Waals surface area (Å²) in [5.41, 5.74) is -0.508. The van der Waals surface area contributed by atoms with E-state index in [4.69, 9.17) is 4.74 Å². The number of carboxylic acids is 1. The molecule has 0 spiro atoms. The summed E-state index contributed by atoms with van der Waals surface area (Å²) in [6.07, 6.45) is -1.51. The van der Waals surface area contributed by atoms with Crippen molar-refractivity contribution < 1.29 is 27.8 Å². The normalized spacial score (nSPS) is 11.4. The number of benzene rings is 2. The number of alkyl halides is 3. The van der Waals surface area contributed by atoms with Gasteiger partial charge in [0, 0.05) is 5.56 Å². The fourth-order valence-electron chi connectivity index (χ4n) is 2.53. The molecule has 0 fully saturated rings. The lowest BCUT2D eigenvalue weighted by Gasteiger charge is -2.16. The van der Waals surface area contributed by atoms with Crippen LogP contribution in [0.5, 0.6) is 5.75 Å². The highest BCUT2D eigenvalue weighted by atomic mass is 79.9. The molecule has 2 aromatic carbocycles. The summed E-state index contributed by atoms with van der Waals surface area (Å²) in [7, 11) is 0.